The Bertz CT molecular complexity index is 499. The average Bonchev–Trinajstić information content (AvgIpc) is 2.49. The predicted molar refractivity (Wildman–Crippen MR) is 59.4 cm³/mol. The van der Waals surface area contributed by atoms with Crippen LogP contribution in [0.4, 0.5) is 0 Å². The molecule has 0 atom stereocenters. The lowest BCUT2D eigenvalue weighted by molar-refractivity contribution is -0.125. The van der Waals surface area contributed by atoms with Crippen molar-refractivity contribution in [1.82, 2.24) is 10.2 Å². The minimum absolute atomic E-state index is 0.0235. The second-order valence-electron chi connectivity index (χ2n) is 4.36. The number of Topliss-reactive ketones (excluding diaryl/α,β-unsaturated/α-hetero) is 1. The van der Waals surface area contributed by atoms with Gasteiger partial charge in [0.1, 0.15) is 10.8 Å². The van der Waals surface area contributed by atoms with E-state index in [0.29, 0.717) is 5.01 Å². The third-order valence-corrected chi connectivity index (χ3v) is 4.07. The van der Waals surface area contributed by atoms with Crippen molar-refractivity contribution in [2.24, 2.45) is 10.6 Å². The van der Waals surface area contributed by atoms with Crippen molar-refractivity contribution in [1.29, 1.82) is 0 Å². The molecule has 6 nitrogen and oxygen atoms in total. The number of carbonyl (C=O) groups excluding carboxylic acids is 1. The fourth-order valence-corrected chi connectivity index (χ4v) is 2.30. The lowest BCUT2D eigenvalue weighted by atomic mass is 9.89. The molecule has 8 heteroatoms. The molecule has 1 heterocycles. The Morgan fingerprint density at radius 2 is 1.94 bits per heavy atom. The number of aromatic nitrogens is 2. The Balaban J connectivity index is 2.86. The Morgan fingerprint density at radius 3 is 2.31 bits per heavy atom. The number of carbonyl (C=O) groups is 1. The summed E-state index contributed by atoms with van der Waals surface area (Å²) in [6, 6.07) is 0. The number of primary sulfonamides is 1. The van der Waals surface area contributed by atoms with Gasteiger partial charge in [-0.05, 0) is 0 Å². The SMILES string of the molecule is CC(C)(C)C(=O)Cc1nnc(S(N)(=O)=O)s1. The number of ketones is 1. The van der Waals surface area contributed by atoms with Crippen LogP contribution in [0.5, 0.6) is 0 Å². The third-order valence-electron chi connectivity index (χ3n) is 1.84. The maximum absolute atomic E-state index is 11.7. The summed E-state index contributed by atoms with van der Waals surface area (Å²) in [4.78, 5) is 11.7. The smallest absolute Gasteiger partial charge is 0.267 e. The first kappa shape index (κ1) is 13.2. The molecule has 0 saturated carbocycles. The van der Waals surface area contributed by atoms with E-state index in [1.807, 2.05) is 0 Å². The molecule has 0 saturated heterocycles. The molecule has 0 aliphatic carbocycles. The highest BCUT2D eigenvalue weighted by atomic mass is 32.2. The molecule has 0 aromatic carbocycles. The van der Waals surface area contributed by atoms with Gasteiger partial charge in [0.25, 0.3) is 10.0 Å². The van der Waals surface area contributed by atoms with Gasteiger partial charge in [0, 0.05) is 5.41 Å². The molecule has 1 rings (SSSR count). The highest BCUT2D eigenvalue weighted by Crippen LogP contribution is 2.20. The zero-order valence-electron chi connectivity index (χ0n) is 9.22. The average molecular weight is 263 g/mol. The summed E-state index contributed by atoms with van der Waals surface area (Å²) in [5.74, 6) is -0.0235. The summed E-state index contributed by atoms with van der Waals surface area (Å²) in [6.07, 6.45) is 0.0800. The van der Waals surface area contributed by atoms with E-state index in [2.05, 4.69) is 10.2 Å². The minimum atomic E-state index is -3.82. The monoisotopic (exact) mass is 263 g/mol. The lowest BCUT2D eigenvalue weighted by Gasteiger charge is -2.14. The molecule has 0 aliphatic rings. The number of hydrogen-bond acceptors (Lipinski definition) is 6. The van der Waals surface area contributed by atoms with E-state index in [1.165, 1.54) is 0 Å². The highest BCUT2D eigenvalue weighted by Gasteiger charge is 2.24. The largest absolute Gasteiger partial charge is 0.299 e. The second kappa shape index (κ2) is 4.19. The van der Waals surface area contributed by atoms with Gasteiger partial charge in [-0.1, -0.05) is 32.1 Å². The number of sulfonamides is 1. The predicted octanol–water partition coefficient (Wildman–Crippen LogP) is 0.343. The van der Waals surface area contributed by atoms with Crippen LogP contribution in [0.2, 0.25) is 0 Å². The van der Waals surface area contributed by atoms with Gasteiger partial charge in [-0.25, -0.2) is 13.6 Å². The van der Waals surface area contributed by atoms with Gasteiger partial charge in [-0.2, -0.15) is 0 Å². The molecule has 0 unspecified atom stereocenters. The number of nitrogens with zero attached hydrogens (tertiary/aromatic N) is 2. The molecule has 0 amide bonds. The first-order chi connectivity index (χ1) is 7.10. The Labute approximate surface area is 97.9 Å². The summed E-state index contributed by atoms with van der Waals surface area (Å²) >= 11 is 0.828. The van der Waals surface area contributed by atoms with Gasteiger partial charge in [0.2, 0.25) is 4.34 Å². The van der Waals surface area contributed by atoms with E-state index in [0.717, 1.165) is 11.3 Å². The van der Waals surface area contributed by atoms with Crippen molar-refractivity contribution in [2.45, 2.75) is 31.5 Å². The molecule has 0 radical (unpaired) electrons. The van der Waals surface area contributed by atoms with E-state index >= 15 is 0 Å². The van der Waals surface area contributed by atoms with Crippen LogP contribution in [-0.2, 0) is 21.2 Å². The van der Waals surface area contributed by atoms with Gasteiger partial charge in [0.05, 0.1) is 6.42 Å². The molecule has 90 valence electrons. The molecule has 1 aromatic rings. The first-order valence-electron chi connectivity index (χ1n) is 4.49. The maximum Gasteiger partial charge on any atom is 0.267 e. The fourth-order valence-electron chi connectivity index (χ4n) is 0.827. The van der Waals surface area contributed by atoms with Gasteiger partial charge in [0.15, 0.2) is 0 Å². The fraction of sp³-hybridized carbons (Fsp3) is 0.625. The normalized spacial score (nSPS) is 12.8. The van der Waals surface area contributed by atoms with Crippen LogP contribution in [0, 0.1) is 5.41 Å². The highest BCUT2D eigenvalue weighted by molar-refractivity contribution is 7.91. The molecule has 0 spiro atoms. The van der Waals surface area contributed by atoms with Crippen LogP contribution in [0.3, 0.4) is 0 Å². The van der Waals surface area contributed by atoms with Crippen molar-refractivity contribution in [2.75, 3.05) is 0 Å². The summed E-state index contributed by atoms with van der Waals surface area (Å²) in [7, 11) is -3.82. The van der Waals surface area contributed by atoms with Crippen LogP contribution < -0.4 is 5.14 Å². The minimum Gasteiger partial charge on any atom is -0.299 e. The molecule has 0 fully saturated rings. The van der Waals surface area contributed by atoms with E-state index in [1.54, 1.807) is 20.8 Å². The Morgan fingerprint density at radius 1 is 1.38 bits per heavy atom. The van der Waals surface area contributed by atoms with Crippen LogP contribution >= 0.6 is 11.3 Å². The molecule has 1 aromatic heterocycles. The number of rotatable bonds is 3. The van der Waals surface area contributed by atoms with Crippen molar-refractivity contribution in [3.63, 3.8) is 0 Å². The molecule has 2 N–H and O–H groups in total. The summed E-state index contributed by atoms with van der Waals surface area (Å²) < 4.78 is 21.6. The van der Waals surface area contributed by atoms with Crippen LogP contribution in [-0.4, -0.2) is 24.4 Å². The summed E-state index contributed by atoms with van der Waals surface area (Å²) in [5.41, 5.74) is -0.479. The van der Waals surface area contributed by atoms with Crippen LogP contribution in [0.1, 0.15) is 25.8 Å². The zero-order valence-corrected chi connectivity index (χ0v) is 10.9. The Kier molecular flexibility index (Phi) is 3.46. The molecular weight excluding hydrogens is 250 g/mol. The topological polar surface area (TPSA) is 103 Å². The van der Waals surface area contributed by atoms with Gasteiger partial charge >= 0.3 is 0 Å². The van der Waals surface area contributed by atoms with E-state index < -0.39 is 15.4 Å². The van der Waals surface area contributed by atoms with Crippen molar-refractivity contribution >= 4 is 27.1 Å². The van der Waals surface area contributed by atoms with E-state index in [-0.39, 0.29) is 16.5 Å². The van der Waals surface area contributed by atoms with Crippen molar-refractivity contribution in [3.8, 4) is 0 Å². The van der Waals surface area contributed by atoms with Gasteiger partial charge in [-0.15, -0.1) is 10.2 Å². The zero-order chi connectivity index (χ0) is 12.6. The van der Waals surface area contributed by atoms with E-state index in [4.69, 9.17) is 5.14 Å². The van der Waals surface area contributed by atoms with E-state index in [9.17, 15) is 13.2 Å². The maximum atomic E-state index is 11.7. The third kappa shape index (κ3) is 3.32. The molecule has 16 heavy (non-hydrogen) atoms. The molecule has 0 bridgehead atoms. The second-order valence-corrected chi connectivity index (χ2v) is 7.15. The number of nitrogens with two attached hydrogens (primary N) is 1. The Hall–Kier alpha value is -0.860. The number of hydrogen-bond donors (Lipinski definition) is 1. The molecular formula is C8H13N3O3S2. The lowest BCUT2D eigenvalue weighted by Crippen LogP contribution is -2.21. The van der Waals surface area contributed by atoms with Gasteiger partial charge < -0.3 is 0 Å². The quantitative estimate of drug-likeness (QED) is 0.847. The van der Waals surface area contributed by atoms with Crippen molar-refractivity contribution < 1.29 is 13.2 Å². The van der Waals surface area contributed by atoms with Gasteiger partial charge in [-0.3, -0.25) is 4.79 Å². The van der Waals surface area contributed by atoms with Crippen LogP contribution in [0.15, 0.2) is 4.34 Å². The molecule has 0 aliphatic heterocycles. The van der Waals surface area contributed by atoms with Crippen LogP contribution in [0.25, 0.3) is 0 Å². The summed E-state index contributed by atoms with van der Waals surface area (Å²) in [5, 5.41) is 12.3. The first-order valence-corrected chi connectivity index (χ1v) is 6.85. The van der Waals surface area contributed by atoms with Crippen molar-refractivity contribution in [3.05, 3.63) is 5.01 Å². The standard InChI is InChI=1S/C8H13N3O3S2/c1-8(2,3)5(12)4-6-10-11-7(15-6)16(9,13)14/h4H2,1-3H3,(H2,9,13,14). The summed E-state index contributed by atoms with van der Waals surface area (Å²) in [6.45, 7) is 5.37.